The first-order valence-corrected chi connectivity index (χ1v) is 7.67. The van der Waals surface area contributed by atoms with Gasteiger partial charge in [-0.3, -0.25) is 0 Å². The Morgan fingerprint density at radius 2 is 2.32 bits per heavy atom. The number of nitrogens with zero attached hydrogens (tertiary/aromatic N) is 3. The molecule has 0 amide bonds. The summed E-state index contributed by atoms with van der Waals surface area (Å²) in [5, 5.41) is 6.47. The van der Waals surface area contributed by atoms with Crippen molar-refractivity contribution >= 4 is 11.3 Å². The molecule has 1 aliphatic rings. The third-order valence-electron chi connectivity index (χ3n) is 3.44. The predicted octanol–water partition coefficient (Wildman–Crippen LogP) is 2.90. The first kappa shape index (κ1) is 12.7. The third kappa shape index (κ3) is 2.53. The summed E-state index contributed by atoms with van der Waals surface area (Å²) in [5.74, 6) is 0.772. The van der Waals surface area contributed by atoms with E-state index in [-0.39, 0.29) is 0 Å². The summed E-state index contributed by atoms with van der Waals surface area (Å²) in [4.78, 5) is 13.7. The van der Waals surface area contributed by atoms with Crippen molar-refractivity contribution < 1.29 is 0 Å². The van der Waals surface area contributed by atoms with Gasteiger partial charge < -0.3 is 5.32 Å². The third-order valence-corrected chi connectivity index (χ3v) is 4.40. The molecule has 0 radical (unpaired) electrons. The first-order valence-electron chi connectivity index (χ1n) is 6.79. The summed E-state index contributed by atoms with van der Waals surface area (Å²) >= 11 is 1.61. The molecule has 2 heterocycles. The Morgan fingerprint density at radius 3 is 3.05 bits per heavy atom. The monoisotopic (exact) mass is 274 g/mol. The molecule has 0 aliphatic heterocycles. The van der Waals surface area contributed by atoms with Crippen molar-refractivity contribution in [2.45, 2.75) is 39.2 Å². The maximum Gasteiger partial charge on any atom is 0.188 e. The Balaban J connectivity index is 1.95. The van der Waals surface area contributed by atoms with Crippen molar-refractivity contribution in [2.75, 3.05) is 6.54 Å². The van der Waals surface area contributed by atoms with Gasteiger partial charge in [-0.2, -0.15) is 0 Å². The lowest BCUT2D eigenvalue weighted by molar-refractivity contribution is 0.464. The molecule has 0 fully saturated rings. The van der Waals surface area contributed by atoms with E-state index in [1.807, 2.05) is 18.5 Å². The molecule has 0 bridgehead atoms. The largest absolute Gasteiger partial charge is 0.310 e. The smallest absolute Gasteiger partial charge is 0.188 e. The van der Waals surface area contributed by atoms with Gasteiger partial charge >= 0.3 is 0 Å². The predicted molar refractivity (Wildman–Crippen MR) is 77.2 cm³/mol. The van der Waals surface area contributed by atoms with Crippen molar-refractivity contribution in [3.8, 4) is 10.8 Å². The van der Waals surface area contributed by atoms with Crippen LogP contribution in [0.25, 0.3) is 10.8 Å². The molecule has 0 spiro atoms. The molecule has 4 nitrogen and oxygen atoms in total. The fraction of sp³-hybridized carbons (Fsp3) is 0.500. The van der Waals surface area contributed by atoms with Crippen LogP contribution in [0.15, 0.2) is 11.6 Å². The maximum atomic E-state index is 4.73. The van der Waals surface area contributed by atoms with Gasteiger partial charge in [0.2, 0.25) is 0 Å². The molecule has 19 heavy (non-hydrogen) atoms. The van der Waals surface area contributed by atoms with Crippen LogP contribution in [0.5, 0.6) is 0 Å². The molecule has 1 atom stereocenters. The number of aryl methyl sites for hydroxylation is 2. The molecule has 1 aliphatic carbocycles. The van der Waals surface area contributed by atoms with Crippen LogP contribution >= 0.6 is 11.3 Å². The number of rotatable bonds is 3. The SMILES string of the molecule is CCNC1CCCc2nc(-c3nc(C)cs3)ncc21. The normalized spacial score (nSPS) is 18.3. The minimum absolute atomic E-state index is 0.417. The Hall–Kier alpha value is -1.33. The highest BCUT2D eigenvalue weighted by molar-refractivity contribution is 7.13. The lowest BCUT2D eigenvalue weighted by Crippen LogP contribution is -2.25. The van der Waals surface area contributed by atoms with Gasteiger partial charge in [0.05, 0.1) is 0 Å². The molecule has 0 saturated heterocycles. The van der Waals surface area contributed by atoms with E-state index in [1.165, 1.54) is 24.1 Å². The number of nitrogens with one attached hydrogen (secondary N) is 1. The molecule has 3 rings (SSSR count). The Bertz CT molecular complexity index is 579. The summed E-state index contributed by atoms with van der Waals surface area (Å²) in [6, 6.07) is 0.417. The Morgan fingerprint density at radius 1 is 1.42 bits per heavy atom. The van der Waals surface area contributed by atoms with Crippen LogP contribution in [0.3, 0.4) is 0 Å². The van der Waals surface area contributed by atoms with Crippen molar-refractivity contribution in [1.82, 2.24) is 20.3 Å². The molecule has 0 saturated carbocycles. The number of thiazole rings is 1. The van der Waals surface area contributed by atoms with Crippen molar-refractivity contribution in [2.24, 2.45) is 0 Å². The summed E-state index contributed by atoms with van der Waals surface area (Å²) in [5.41, 5.74) is 3.49. The molecular formula is C14H18N4S. The van der Waals surface area contributed by atoms with E-state index in [0.29, 0.717) is 6.04 Å². The average Bonchev–Trinajstić information content (AvgIpc) is 2.86. The quantitative estimate of drug-likeness (QED) is 0.935. The summed E-state index contributed by atoms with van der Waals surface area (Å²) in [7, 11) is 0. The Kier molecular flexibility index (Phi) is 3.57. The zero-order chi connectivity index (χ0) is 13.2. The molecule has 1 unspecified atom stereocenters. The van der Waals surface area contributed by atoms with Gasteiger partial charge in [0.25, 0.3) is 0 Å². The number of fused-ring (bicyclic) bond motifs is 1. The van der Waals surface area contributed by atoms with Crippen LogP contribution in [0.2, 0.25) is 0 Å². The summed E-state index contributed by atoms with van der Waals surface area (Å²) in [6.07, 6.45) is 5.41. The van der Waals surface area contributed by atoms with Crippen LogP contribution in [-0.2, 0) is 6.42 Å². The minimum atomic E-state index is 0.417. The molecule has 100 valence electrons. The van der Waals surface area contributed by atoms with Crippen molar-refractivity contribution in [1.29, 1.82) is 0 Å². The van der Waals surface area contributed by atoms with Gasteiger partial charge in [-0.15, -0.1) is 11.3 Å². The van der Waals surface area contributed by atoms with Crippen molar-refractivity contribution in [3.63, 3.8) is 0 Å². The van der Waals surface area contributed by atoms with E-state index in [0.717, 1.165) is 29.5 Å². The van der Waals surface area contributed by atoms with Gasteiger partial charge in [-0.05, 0) is 32.7 Å². The van der Waals surface area contributed by atoms with Crippen molar-refractivity contribution in [3.05, 3.63) is 28.5 Å². The van der Waals surface area contributed by atoms with Gasteiger partial charge in [-0.1, -0.05) is 6.92 Å². The second-order valence-corrected chi connectivity index (χ2v) is 5.75. The van der Waals surface area contributed by atoms with E-state index in [2.05, 4.69) is 22.2 Å². The van der Waals surface area contributed by atoms with Gasteiger partial charge in [0, 0.05) is 34.6 Å². The second kappa shape index (κ2) is 5.35. The fourth-order valence-corrected chi connectivity index (χ4v) is 3.30. The van der Waals surface area contributed by atoms with E-state index < -0.39 is 0 Å². The molecular weight excluding hydrogens is 256 g/mol. The molecule has 0 aromatic carbocycles. The van der Waals surface area contributed by atoms with Crippen LogP contribution < -0.4 is 5.32 Å². The van der Waals surface area contributed by atoms with Crippen LogP contribution in [0, 0.1) is 6.92 Å². The molecule has 2 aromatic heterocycles. The highest BCUT2D eigenvalue weighted by atomic mass is 32.1. The first-order chi connectivity index (χ1) is 9.28. The fourth-order valence-electron chi connectivity index (χ4n) is 2.57. The topological polar surface area (TPSA) is 50.7 Å². The molecule has 1 N–H and O–H groups in total. The Labute approximate surface area is 117 Å². The summed E-state index contributed by atoms with van der Waals surface area (Å²) < 4.78 is 0. The van der Waals surface area contributed by atoms with E-state index in [4.69, 9.17) is 4.98 Å². The van der Waals surface area contributed by atoms with E-state index >= 15 is 0 Å². The van der Waals surface area contributed by atoms with Gasteiger partial charge in [0.15, 0.2) is 10.8 Å². The molecule has 5 heteroatoms. The number of hydrogen-bond donors (Lipinski definition) is 1. The zero-order valence-corrected chi connectivity index (χ0v) is 12.1. The lowest BCUT2D eigenvalue weighted by atomic mass is 9.92. The molecule has 2 aromatic rings. The van der Waals surface area contributed by atoms with Gasteiger partial charge in [-0.25, -0.2) is 15.0 Å². The van der Waals surface area contributed by atoms with Crippen LogP contribution in [-0.4, -0.2) is 21.5 Å². The highest BCUT2D eigenvalue weighted by Gasteiger charge is 2.22. The number of aromatic nitrogens is 3. The summed E-state index contributed by atoms with van der Waals surface area (Å²) in [6.45, 7) is 5.12. The minimum Gasteiger partial charge on any atom is -0.310 e. The lowest BCUT2D eigenvalue weighted by Gasteiger charge is -2.25. The van der Waals surface area contributed by atoms with Crippen LogP contribution in [0.4, 0.5) is 0 Å². The standard InChI is InChI=1S/C14H18N4S/c1-3-15-11-5-4-6-12-10(11)7-16-13(18-12)14-17-9(2)8-19-14/h7-8,11,15H,3-6H2,1-2H3. The van der Waals surface area contributed by atoms with Gasteiger partial charge in [0.1, 0.15) is 0 Å². The second-order valence-electron chi connectivity index (χ2n) is 4.89. The zero-order valence-electron chi connectivity index (χ0n) is 11.3. The van der Waals surface area contributed by atoms with Crippen LogP contribution in [0.1, 0.15) is 42.8 Å². The number of hydrogen-bond acceptors (Lipinski definition) is 5. The maximum absolute atomic E-state index is 4.73. The average molecular weight is 274 g/mol. The van der Waals surface area contributed by atoms with E-state index in [1.54, 1.807) is 11.3 Å². The highest BCUT2D eigenvalue weighted by Crippen LogP contribution is 2.30. The van der Waals surface area contributed by atoms with E-state index in [9.17, 15) is 0 Å².